The highest BCUT2D eigenvalue weighted by molar-refractivity contribution is 7.91. The number of hydrogen-bond acceptors (Lipinski definition) is 6. The summed E-state index contributed by atoms with van der Waals surface area (Å²) < 4.78 is 30.9. The number of Topliss-reactive ketones (excluding diaryl/α,β-unsaturated/α-hetero) is 1. The molecule has 0 spiro atoms. The molecule has 1 amide bonds. The minimum absolute atomic E-state index is 0. The van der Waals surface area contributed by atoms with Gasteiger partial charge in [-0.05, 0) is 42.3 Å². The zero-order chi connectivity index (χ0) is 21.9. The lowest BCUT2D eigenvalue weighted by Crippen LogP contribution is -2.45. The lowest BCUT2D eigenvalue weighted by atomic mass is 10.1. The molecule has 0 unspecified atom stereocenters. The molecule has 2 N–H and O–H groups in total. The topological polar surface area (TPSA) is 107 Å². The summed E-state index contributed by atoms with van der Waals surface area (Å²) in [5, 5.41) is 0.542. The smallest absolute Gasteiger partial charge is 0.245 e. The van der Waals surface area contributed by atoms with Gasteiger partial charge in [-0.2, -0.15) is 0 Å². The quantitative estimate of drug-likeness (QED) is 0.476. The van der Waals surface area contributed by atoms with Crippen molar-refractivity contribution in [2.75, 3.05) is 23.9 Å². The van der Waals surface area contributed by atoms with E-state index in [1.807, 2.05) is 6.92 Å². The number of amides is 1. The zero-order valence-corrected chi connectivity index (χ0v) is 19.3. The van der Waals surface area contributed by atoms with Gasteiger partial charge in [0.25, 0.3) is 0 Å². The van der Waals surface area contributed by atoms with Crippen LogP contribution in [-0.4, -0.2) is 45.1 Å². The Labute approximate surface area is 192 Å². The van der Waals surface area contributed by atoms with Crippen molar-refractivity contribution in [1.82, 2.24) is 0 Å². The van der Waals surface area contributed by atoms with Gasteiger partial charge >= 0.3 is 0 Å². The van der Waals surface area contributed by atoms with E-state index in [2.05, 4.69) is 0 Å². The molecule has 10 heteroatoms. The second-order valence-corrected chi connectivity index (χ2v) is 9.54. The highest BCUT2D eigenvalue weighted by atomic mass is 35.5. The summed E-state index contributed by atoms with van der Waals surface area (Å²) in [5.74, 6) is -1.32. The predicted molar refractivity (Wildman–Crippen MR) is 122 cm³/mol. The Hall–Kier alpha value is -1.97. The Bertz CT molecular complexity index is 1060. The first-order valence-corrected chi connectivity index (χ1v) is 11.5. The fraction of sp³-hybridized carbons (Fsp3) is 0.333. The number of carbonyl (C=O) groups is 2. The van der Waals surface area contributed by atoms with Gasteiger partial charge in [0.15, 0.2) is 15.6 Å². The summed E-state index contributed by atoms with van der Waals surface area (Å²) in [6.07, 6.45) is 0.775. The van der Waals surface area contributed by atoms with Crippen molar-refractivity contribution in [3.05, 3.63) is 58.6 Å². The van der Waals surface area contributed by atoms with Gasteiger partial charge in [-0.25, -0.2) is 8.42 Å². The van der Waals surface area contributed by atoms with Crippen LogP contribution in [0.5, 0.6) is 0 Å². The van der Waals surface area contributed by atoms with Gasteiger partial charge in [-0.3, -0.25) is 9.59 Å². The van der Waals surface area contributed by atoms with Crippen LogP contribution in [-0.2, 0) is 25.9 Å². The van der Waals surface area contributed by atoms with Crippen molar-refractivity contribution in [2.24, 2.45) is 5.73 Å². The summed E-state index contributed by atoms with van der Waals surface area (Å²) >= 11 is 5.93. The first kappa shape index (κ1) is 25.3. The molecule has 0 radical (unpaired) electrons. The van der Waals surface area contributed by atoms with Crippen molar-refractivity contribution in [2.45, 2.75) is 30.8 Å². The van der Waals surface area contributed by atoms with E-state index in [0.717, 1.165) is 12.0 Å². The molecule has 1 aliphatic heterocycles. The van der Waals surface area contributed by atoms with Crippen LogP contribution >= 0.6 is 24.0 Å². The van der Waals surface area contributed by atoms with Gasteiger partial charge in [0.2, 0.25) is 5.91 Å². The van der Waals surface area contributed by atoms with E-state index in [9.17, 15) is 18.0 Å². The van der Waals surface area contributed by atoms with E-state index < -0.39 is 27.5 Å². The number of rotatable bonds is 7. The highest BCUT2D eigenvalue weighted by Crippen LogP contribution is 2.32. The first-order valence-electron chi connectivity index (χ1n) is 9.52. The predicted octanol–water partition coefficient (Wildman–Crippen LogP) is 3.02. The molecule has 2 aromatic rings. The van der Waals surface area contributed by atoms with Gasteiger partial charge in [-0.15, -0.1) is 12.4 Å². The van der Waals surface area contributed by atoms with Crippen LogP contribution in [0.25, 0.3) is 0 Å². The van der Waals surface area contributed by atoms with Crippen LogP contribution in [0.2, 0.25) is 5.02 Å². The summed E-state index contributed by atoms with van der Waals surface area (Å²) in [7, 11) is -3.81. The lowest BCUT2D eigenvalue weighted by molar-refractivity contribution is -0.119. The summed E-state index contributed by atoms with van der Waals surface area (Å²) in [4.78, 5) is 26.7. The van der Waals surface area contributed by atoms with Crippen molar-refractivity contribution in [1.29, 1.82) is 0 Å². The molecule has 0 saturated heterocycles. The Morgan fingerprint density at radius 1 is 1.23 bits per heavy atom. The normalized spacial score (nSPS) is 17.5. The number of hydrogen-bond donors (Lipinski definition) is 1. The summed E-state index contributed by atoms with van der Waals surface area (Å²) in [6.45, 7) is 2.35. The average molecular weight is 487 g/mol. The van der Waals surface area contributed by atoms with Gasteiger partial charge < -0.3 is 15.4 Å². The van der Waals surface area contributed by atoms with E-state index in [0.29, 0.717) is 11.6 Å². The third-order valence-electron chi connectivity index (χ3n) is 4.72. The number of halogens is 2. The van der Waals surface area contributed by atoms with Crippen LogP contribution in [0.3, 0.4) is 0 Å². The number of fused-ring (bicyclic) bond motifs is 1. The number of anilines is 1. The third kappa shape index (κ3) is 5.84. The second-order valence-electron chi connectivity index (χ2n) is 7.10. The number of carbonyl (C=O) groups excluding carboxylic acids is 2. The second kappa shape index (κ2) is 10.6. The molecule has 31 heavy (non-hydrogen) atoms. The SMILES string of the molecule is CCCOCC(=O)c1ccc2c(c1)N(Cc1ccc(Cl)cc1)C(=O)[C@@H](N)CS2(=O)=O.Cl. The molecule has 2 aromatic carbocycles. The number of benzene rings is 2. The van der Waals surface area contributed by atoms with Gasteiger partial charge in [0.05, 0.1) is 28.9 Å². The Balaban J connectivity index is 0.00000341. The first-order chi connectivity index (χ1) is 14.2. The molecular formula is C21H24Cl2N2O5S. The van der Waals surface area contributed by atoms with Crippen LogP contribution in [0.1, 0.15) is 29.3 Å². The zero-order valence-electron chi connectivity index (χ0n) is 16.9. The van der Waals surface area contributed by atoms with E-state index in [1.54, 1.807) is 24.3 Å². The molecule has 0 aromatic heterocycles. The van der Waals surface area contributed by atoms with Crippen molar-refractivity contribution >= 4 is 51.2 Å². The lowest BCUT2D eigenvalue weighted by Gasteiger charge is -2.24. The molecule has 0 fully saturated rings. The number of sulfone groups is 1. The van der Waals surface area contributed by atoms with E-state index in [-0.39, 0.29) is 47.5 Å². The van der Waals surface area contributed by atoms with Gasteiger partial charge in [-0.1, -0.05) is 30.7 Å². The van der Waals surface area contributed by atoms with Crippen LogP contribution < -0.4 is 10.6 Å². The highest BCUT2D eigenvalue weighted by Gasteiger charge is 2.36. The Morgan fingerprint density at radius 3 is 2.55 bits per heavy atom. The van der Waals surface area contributed by atoms with Crippen LogP contribution in [0.15, 0.2) is 47.4 Å². The number of ether oxygens (including phenoxy) is 1. The average Bonchev–Trinajstić information content (AvgIpc) is 2.78. The van der Waals surface area contributed by atoms with Gasteiger partial charge in [0.1, 0.15) is 6.61 Å². The fourth-order valence-electron chi connectivity index (χ4n) is 3.21. The maximum absolute atomic E-state index is 13.0. The van der Waals surface area contributed by atoms with Gasteiger partial charge in [0, 0.05) is 17.2 Å². The molecule has 0 saturated carbocycles. The minimum Gasteiger partial charge on any atom is -0.373 e. The minimum atomic E-state index is -3.81. The number of nitrogens with two attached hydrogens (primary N) is 1. The van der Waals surface area contributed by atoms with Crippen molar-refractivity contribution < 1.29 is 22.7 Å². The van der Waals surface area contributed by atoms with E-state index in [4.69, 9.17) is 22.1 Å². The van der Waals surface area contributed by atoms with Crippen molar-refractivity contribution in [3.63, 3.8) is 0 Å². The van der Waals surface area contributed by atoms with Crippen LogP contribution in [0.4, 0.5) is 5.69 Å². The molecule has 7 nitrogen and oxygen atoms in total. The molecule has 1 atom stereocenters. The molecule has 1 heterocycles. The largest absolute Gasteiger partial charge is 0.373 e. The fourth-order valence-corrected chi connectivity index (χ4v) is 4.89. The molecule has 3 rings (SSSR count). The number of nitrogens with zero attached hydrogens (tertiary/aromatic N) is 1. The number of ketones is 1. The van der Waals surface area contributed by atoms with Crippen molar-refractivity contribution in [3.8, 4) is 0 Å². The van der Waals surface area contributed by atoms with E-state index in [1.165, 1.54) is 23.1 Å². The molecule has 1 aliphatic rings. The third-order valence-corrected chi connectivity index (χ3v) is 6.79. The van der Waals surface area contributed by atoms with Crippen LogP contribution in [0, 0.1) is 0 Å². The monoisotopic (exact) mass is 486 g/mol. The Kier molecular flexibility index (Phi) is 8.62. The molecular weight excluding hydrogens is 463 g/mol. The Morgan fingerprint density at radius 2 is 1.90 bits per heavy atom. The summed E-state index contributed by atoms with van der Waals surface area (Å²) in [6, 6.07) is 9.87. The standard InChI is InChI=1S/C21H23ClN2O5S.ClH/c1-2-9-29-12-19(25)15-5-8-20-18(10-15)24(11-14-3-6-16(22)7-4-14)21(26)17(23)13-30(20,27)28;/h3-8,10,17H,2,9,11-13,23H2,1H3;1H/t17-;/m0./s1. The molecule has 168 valence electrons. The maximum atomic E-state index is 13.0. The molecule has 0 bridgehead atoms. The molecule has 0 aliphatic carbocycles. The maximum Gasteiger partial charge on any atom is 0.245 e. The summed E-state index contributed by atoms with van der Waals surface area (Å²) in [5.41, 5.74) is 7.06. The van der Waals surface area contributed by atoms with E-state index >= 15 is 0 Å².